The number of rotatable bonds is 6. The highest BCUT2D eigenvalue weighted by atomic mass is 35.5. The van der Waals surface area contributed by atoms with Gasteiger partial charge >= 0.3 is 0 Å². The van der Waals surface area contributed by atoms with Gasteiger partial charge in [-0.25, -0.2) is 0 Å². The molecule has 2 aromatic rings. The molecule has 2 aromatic carbocycles. The average molecular weight is 389 g/mol. The number of amides is 1. The number of methoxy groups -OCH3 is 1. The zero-order valence-electron chi connectivity index (χ0n) is 13.3. The molecule has 0 aliphatic heterocycles. The molecule has 3 N–H and O–H groups in total. The van der Waals surface area contributed by atoms with Crippen molar-refractivity contribution in [3.8, 4) is 5.75 Å². The van der Waals surface area contributed by atoms with Crippen LogP contribution >= 0.6 is 34.8 Å². The fraction of sp³-hybridized carbons (Fsp3) is 0.235. The maximum atomic E-state index is 12.1. The Labute approximate surface area is 156 Å². The molecule has 1 amide bonds. The summed E-state index contributed by atoms with van der Waals surface area (Å²) in [5, 5.41) is 6.32. The van der Waals surface area contributed by atoms with Crippen molar-refractivity contribution in [2.24, 2.45) is 0 Å². The number of nitrogens with two attached hydrogens (primary N) is 1. The normalized spacial score (nSPS) is 11.9. The molecule has 0 radical (unpaired) electrons. The van der Waals surface area contributed by atoms with Crippen molar-refractivity contribution in [2.75, 3.05) is 19.0 Å². The number of quaternary nitrogens is 1. The molecule has 24 heavy (non-hydrogen) atoms. The zero-order chi connectivity index (χ0) is 17.7. The highest BCUT2D eigenvalue weighted by Crippen LogP contribution is 2.27. The van der Waals surface area contributed by atoms with E-state index in [4.69, 9.17) is 39.5 Å². The molecular weight excluding hydrogens is 371 g/mol. The Bertz CT molecular complexity index is 738. The van der Waals surface area contributed by atoms with Gasteiger partial charge in [0.05, 0.1) is 17.2 Å². The lowest BCUT2D eigenvalue weighted by molar-refractivity contribution is -0.682. The monoisotopic (exact) mass is 387 g/mol. The van der Waals surface area contributed by atoms with Gasteiger partial charge in [-0.1, -0.05) is 40.9 Å². The van der Waals surface area contributed by atoms with Crippen molar-refractivity contribution < 1.29 is 14.8 Å². The van der Waals surface area contributed by atoms with Crippen LogP contribution in [0.4, 0.5) is 5.69 Å². The van der Waals surface area contributed by atoms with Crippen molar-refractivity contribution in [1.82, 2.24) is 0 Å². The highest BCUT2D eigenvalue weighted by molar-refractivity contribution is 6.35. The SMILES string of the molecule is COc1ccc(NC(=O)C[NH2+][C@H](C)c2ccc(Cl)cc2Cl)cc1Cl. The molecule has 7 heteroatoms. The number of nitrogens with one attached hydrogen (secondary N) is 1. The second-order valence-electron chi connectivity index (χ2n) is 5.29. The second kappa shape index (κ2) is 8.58. The Morgan fingerprint density at radius 2 is 1.92 bits per heavy atom. The van der Waals surface area contributed by atoms with Crippen molar-refractivity contribution in [2.45, 2.75) is 13.0 Å². The largest absolute Gasteiger partial charge is 0.495 e. The molecule has 0 saturated carbocycles. The van der Waals surface area contributed by atoms with E-state index in [0.29, 0.717) is 26.5 Å². The van der Waals surface area contributed by atoms with Gasteiger partial charge in [0.25, 0.3) is 5.91 Å². The first-order valence-electron chi connectivity index (χ1n) is 7.32. The van der Waals surface area contributed by atoms with Gasteiger partial charge in [0.1, 0.15) is 11.8 Å². The maximum Gasteiger partial charge on any atom is 0.279 e. The third-order valence-electron chi connectivity index (χ3n) is 3.55. The van der Waals surface area contributed by atoms with Crippen LogP contribution in [0.25, 0.3) is 0 Å². The molecule has 128 valence electrons. The molecule has 2 rings (SSSR count). The van der Waals surface area contributed by atoms with E-state index in [-0.39, 0.29) is 18.5 Å². The number of ether oxygens (including phenoxy) is 1. The molecule has 0 spiro atoms. The molecule has 0 fully saturated rings. The van der Waals surface area contributed by atoms with Crippen LogP contribution in [0.3, 0.4) is 0 Å². The van der Waals surface area contributed by atoms with E-state index < -0.39 is 0 Å². The van der Waals surface area contributed by atoms with Crippen molar-refractivity contribution in [3.05, 3.63) is 57.0 Å². The lowest BCUT2D eigenvalue weighted by atomic mass is 10.1. The van der Waals surface area contributed by atoms with Crippen molar-refractivity contribution in [3.63, 3.8) is 0 Å². The molecule has 0 aromatic heterocycles. The maximum absolute atomic E-state index is 12.1. The predicted octanol–water partition coefficient (Wildman–Crippen LogP) is 3.92. The summed E-state index contributed by atoms with van der Waals surface area (Å²) < 4.78 is 5.08. The molecule has 0 aliphatic rings. The number of hydrogen-bond donors (Lipinski definition) is 2. The van der Waals surface area contributed by atoms with Gasteiger partial charge < -0.3 is 15.4 Å². The molecular formula is C17H18Cl3N2O2+. The van der Waals surface area contributed by atoms with E-state index in [9.17, 15) is 4.79 Å². The molecule has 0 bridgehead atoms. The fourth-order valence-corrected chi connectivity index (χ4v) is 3.08. The average Bonchev–Trinajstić information content (AvgIpc) is 2.53. The Balaban J connectivity index is 1.92. The minimum absolute atomic E-state index is 0.0278. The summed E-state index contributed by atoms with van der Waals surface area (Å²) in [6.07, 6.45) is 0. The van der Waals surface area contributed by atoms with Crippen molar-refractivity contribution in [1.29, 1.82) is 0 Å². The first-order valence-corrected chi connectivity index (χ1v) is 8.45. The van der Waals surface area contributed by atoms with Crippen LogP contribution in [0.2, 0.25) is 15.1 Å². The Kier molecular flexibility index (Phi) is 6.75. The quantitative estimate of drug-likeness (QED) is 0.788. The molecule has 4 nitrogen and oxygen atoms in total. The number of carbonyl (C=O) groups excluding carboxylic acids is 1. The first kappa shape index (κ1) is 18.9. The van der Waals surface area contributed by atoms with E-state index in [1.165, 1.54) is 7.11 Å². The second-order valence-corrected chi connectivity index (χ2v) is 6.54. The van der Waals surface area contributed by atoms with Crippen LogP contribution in [0, 0.1) is 0 Å². The Morgan fingerprint density at radius 1 is 1.17 bits per heavy atom. The Morgan fingerprint density at radius 3 is 2.54 bits per heavy atom. The molecule has 0 unspecified atom stereocenters. The van der Waals surface area contributed by atoms with Gasteiger partial charge in [0, 0.05) is 16.3 Å². The predicted molar refractivity (Wildman–Crippen MR) is 98.3 cm³/mol. The number of halogens is 3. The summed E-state index contributed by atoms with van der Waals surface area (Å²) in [5.41, 5.74) is 1.55. The van der Waals surface area contributed by atoms with Crippen LogP contribution in [-0.4, -0.2) is 19.6 Å². The van der Waals surface area contributed by atoms with E-state index in [2.05, 4.69) is 5.32 Å². The van der Waals surface area contributed by atoms with E-state index in [1.807, 2.05) is 18.3 Å². The van der Waals surface area contributed by atoms with Crippen LogP contribution < -0.4 is 15.4 Å². The number of benzene rings is 2. The lowest BCUT2D eigenvalue weighted by Gasteiger charge is -2.13. The van der Waals surface area contributed by atoms with Crippen molar-refractivity contribution >= 4 is 46.4 Å². The molecule has 0 aliphatic carbocycles. The van der Waals surface area contributed by atoms with Crippen LogP contribution in [0.1, 0.15) is 18.5 Å². The fourth-order valence-electron chi connectivity index (χ4n) is 2.24. The minimum atomic E-state index is -0.131. The standard InChI is InChI=1S/C17H17Cl3N2O2/c1-10(13-5-3-11(18)7-14(13)19)21-9-17(23)22-12-4-6-16(24-2)15(20)8-12/h3-8,10,21H,9H2,1-2H3,(H,22,23)/p+1/t10-/m1/s1. The number of hydrogen-bond acceptors (Lipinski definition) is 2. The highest BCUT2D eigenvalue weighted by Gasteiger charge is 2.15. The minimum Gasteiger partial charge on any atom is -0.495 e. The summed E-state index contributed by atoms with van der Waals surface area (Å²) >= 11 is 18.1. The van der Waals surface area contributed by atoms with Gasteiger partial charge in [0.15, 0.2) is 6.54 Å². The third kappa shape index (κ3) is 5.02. The van der Waals surface area contributed by atoms with E-state index in [1.54, 1.807) is 30.3 Å². The third-order valence-corrected chi connectivity index (χ3v) is 4.40. The smallest absolute Gasteiger partial charge is 0.279 e. The summed E-state index contributed by atoms with van der Waals surface area (Å²) in [4.78, 5) is 12.1. The van der Waals surface area contributed by atoms with Crippen LogP contribution in [0.15, 0.2) is 36.4 Å². The lowest BCUT2D eigenvalue weighted by Crippen LogP contribution is -2.86. The van der Waals surface area contributed by atoms with Gasteiger partial charge in [-0.2, -0.15) is 0 Å². The van der Waals surface area contributed by atoms with Gasteiger partial charge in [-0.3, -0.25) is 4.79 Å². The van der Waals surface area contributed by atoms with Crippen LogP contribution in [0.5, 0.6) is 5.75 Å². The van der Waals surface area contributed by atoms with Gasteiger partial charge in [-0.05, 0) is 37.3 Å². The van der Waals surface area contributed by atoms with E-state index in [0.717, 1.165) is 5.56 Å². The molecule has 0 saturated heterocycles. The van der Waals surface area contributed by atoms with E-state index >= 15 is 0 Å². The summed E-state index contributed by atoms with van der Waals surface area (Å²) in [6.45, 7) is 2.23. The summed E-state index contributed by atoms with van der Waals surface area (Å²) in [5.74, 6) is 0.431. The molecule has 1 atom stereocenters. The van der Waals surface area contributed by atoms with Gasteiger partial charge in [0.2, 0.25) is 0 Å². The van der Waals surface area contributed by atoms with Crippen LogP contribution in [-0.2, 0) is 4.79 Å². The van der Waals surface area contributed by atoms with Gasteiger partial charge in [-0.15, -0.1) is 0 Å². The topological polar surface area (TPSA) is 54.9 Å². The first-order chi connectivity index (χ1) is 11.4. The summed E-state index contributed by atoms with van der Waals surface area (Å²) in [7, 11) is 1.54. The Hall–Kier alpha value is -1.46. The zero-order valence-corrected chi connectivity index (χ0v) is 15.5. The summed E-state index contributed by atoms with van der Waals surface area (Å²) in [6, 6.07) is 10.5. The molecule has 0 heterocycles. The number of anilines is 1. The number of carbonyl (C=O) groups is 1.